The first-order chi connectivity index (χ1) is 12.5. The van der Waals surface area contributed by atoms with Crippen LogP contribution in [0, 0.1) is 12.8 Å². The van der Waals surface area contributed by atoms with Gasteiger partial charge < -0.3 is 20.1 Å². The Balaban J connectivity index is 0.00000140. The molecular formula is C20H31Cl2N3O3. The molecule has 0 radical (unpaired) electrons. The zero-order valence-electron chi connectivity index (χ0n) is 16.3. The number of morpholine rings is 1. The molecule has 1 saturated carbocycles. The number of carbonyl (C=O) groups is 1. The van der Waals surface area contributed by atoms with Crippen LogP contribution in [0.3, 0.4) is 0 Å². The average molecular weight is 432 g/mol. The van der Waals surface area contributed by atoms with Crippen LogP contribution in [-0.2, 0) is 15.1 Å². The van der Waals surface area contributed by atoms with Crippen LogP contribution in [0.4, 0.5) is 0 Å². The topological polar surface area (TPSA) is 74.7 Å². The molecule has 4 rings (SSSR count). The maximum absolute atomic E-state index is 13.0. The van der Waals surface area contributed by atoms with Gasteiger partial charge in [0.05, 0.1) is 18.4 Å². The van der Waals surface area contributed by atoms with Gasteiger partial charge in [-0.1, -0.05) is 6.07 Å². The van der Waals surface area contributed by atoms with Gasteiger partial charge in [-0.25, -0.2) is 0 Å². The van der Waals surface area contributed by atoms with Gasteiger partial charge in [0.2, 0.25) is 5.91 Å². The van der Waals surface area contributed by atoms with E-state index in [0.29, 0.717) is 32.0 Å². The van der Waals surface area contributed by atoms with Crippen LogP contribution in [0.25, 0.3) is 0 Å². The Morgan fingerprint density at radius 3 is 2.71 bits per heavy atom. The number of aryl methyl sites for hydroxylation is 1. The van der Waals surface area contributed by atoms with Crippen molar-refractivity contribution in [3.8, 4) is 0 Å². The normalized spacial score (nSPS) is 29.1. The second kappa shape index (κ2) is 9.72. The molecule has 2 N–H and O–H groups in total. The van der Waals surface area contributed by atoms with E-state index >= 15 is 0 Å². The molecule has 158 valence electrons. The first-order valence-corrected chi connectivity index (χ1v) is 9.84. The Morgan fingerprint density at radius 2 is 2.04 bits per heavy atom. The van der Waals surface area contributed by atoms with E-state index in [1.54, 1.807) is 6.20 Å². The summed E-state index contributed by atoms with van der Waals surface area (Å²) in [5.41, 5.74) is 0.890. The molecule has 1 aromatic heterocycles. The summed E-state index contributed by atoms with van der Waals surface area (Å²) in [6.45, 7) is 4.84. The summed E-state index contributed by atoms with van der Waals surface area (Å²) < 4.78 is 5.81. The van der Waals surface area contributed by atoms with Crippen molar-refractivity contribution >= 4 is 30.7 Å². The number of fused-ring (bicyclic) bond motifs is 1. The number of ether oxygens (including phenoxy) is 1. The molecule has 1 aromatic rings. The Bertz CT molecular complexity index is 651. The van der Waals surface area contributed by atoms with Crippen molar-refractivity contribution in [3.05, 3.63) is 29.6 Å². The Morgan fingerprint density at radius 1 is 1.29 bits per heavy atom. The molecule has 8 heteroatoms. The summed E-state index contributed by atoms with van der Waals surface area (Å²) in [4.78, 5) is 19.3. The first-order valence-electron chi connectivity index (χ1n) is 9.84. The summed E-state index contributed by atoms with van der Waals surface area (Å²) in [5, 5.41) is 14.5. The van der Waals surface area contributed by atoms with Crippen molar-refractivity contribution in [2.24, 2.45) is 5.92 Å². The Hall–Kier alpha value is -0.920. The molecule has 2 aliphatic heterocycles. The number of nitrogens with one attached hydrogen (secondary N) is 1. The lowest BCUT2D eigenvalue weighted by atomic mass is 9.81. The molecule has 1 aliphatic carbocycles. The maximum atomic E-state index is 13.0. The largest absolute Gasteiger partial charge is 0.383 e. The number of hydrogen-bond acceptors (Lipinski definition) is 5. The van der Waals surface area contributed by atoms with Crippen LogP contribution in [0.2, 0.25) is 0 Å². The summed E-state index contributed by atoms with van der Waals surface area (Å²) in [7, 11) is 0. The fraction of sp³-hybridized carbons (Fsp3) is 0.700. The third kappa shape index (κ3) is 4.79. The average Bonchev–Trinajstić information content (AvgIpc) is 2.68. The number of aliphatic hydroxyl groups is 1. The van der Waals surface area contributed by atoms with Crippen molar-refractivity contribution in [3.63, 3.8) is 0 Å². The van der Waals surface area contributed by atoms with Gasteiger partial charge in [0.25, 0.3) is 0 Å². The number of hydrogen-bond donors (Lipinski definition) is 2. The highest BCUT2D eigenvalue weighted by atomic mass is 35.5. The number of rotatable bonds is 2. The third-order valence-electron chi connectivity index (χ3n) is 6.27. The number of piperidine rings is 1. The molecule has 3 fully saturated rings. The van der Waals surface area contributed by atoms with E-state index < -0.39 is 5.60 Å². The molecule has 6 nitrogen and oxygen atoms in total. The summed E-state index contributed by atoms with van der Waals surface area (Å²) >= 11 is 0. The van der Waals surface area contributed by atoms with Gasteiger partial charge in [0.1, 0.15) is 5.60 Å². The van der Waals surface area contributed by atoms with E-state index in [1.165, 1.54) is 0 Å². The van der Waals surface area contributed by atoms with Gasteiger partial charge in [-0.15, -0.1) is 24.8 Å². The van der Waals surface area contributed by atoms with Gasteiger partial charge in [0, 0.05) is 37.8 Å². The molecule has 28 heavy (non-hydrogen) atoms. The molecule has 0 spiro atoms. The van der Waals surface area contributed by atoms with Crippen LogP contribution in [-0.4, -0.2) is 59.3 Å². The first kappa shape index (κ1) is 23.4. The zero-order valence-corrected chi connectivity index (χ0v) is 17.9. The number of carbonyl (C=O) groups excluding carboxylic acids is 1. The van der Waals surface area contributed by atoms with Crippen LogP contribution in [0.1, 0.15) is 43.4 Å². The number of pyridine rings is 1. The third-order valence-corrected chi connectivity index (χ3v) is 6.27. The smallest absolute Gasteiger partial charge is 0.225 e. The predicted octanol–water partition coefficient (Wildman–Crippen LogP) is 2.20. The highest BCUT2D eigenvalue weighted by molar-refractivity contribution is 5.85. The molecule has 3 atom stereocenters. The number of amides is 1. The second-order valence-electron chi connectivity index (χ2n) is 8.06. The van der Waals surface area contributed by atoms with Crippen LogP contribution in [0.5, 0.6) is 0 Å². The zero-order chi connectivity index (χ0) is 18.1. The van der Waals surface area contributed by atoms with E-state index in [9.17, 15) is 9.90 Å². The van der Waals surface area contributed by atoms with E-state index in [0.717, 1.165) is 43.7 Å². The molecule has 0 bridgehead atoms. The Kier molecular flexibility index (Phi) is 8.11. The lowest BCUT2D eigenvalue weighted by Gasteiger charge is -2.42. The summed E-state index contributed by atoms with van der Waals surface area (Å²) in [6, 6.07) is 4.20. The van der Waals surface area contributed by atoms with Gasteiger partial charge in [-0.2, -0.15) is 0 Å². The predicted molar refractivity (Wildman–Crippen MR) is 112 cm³/mol. The molecule has 3 heterocycles. The van der Waals surface area contributed by atoms with E-state index in [-0.39, 0.29) is 42.7 Å². The lowest BCUT2D eigenvalue weighted by Crippen LogP contribution is -2.54. The van der Waals surface area contributed by atoms with Crippen molar-refractivity contribution in [2.45, 2.75) is 56.8 Å². The van der Waals surface area contributed by atoms with Crippen LogP contribution >= 0.6 is 24.8 Å². The van der Waals surface area contributed by atoms with Gasteiger partial charge >= 0.3 is 0 Å². The van der Waals surface area contributed by atoms with E-state index in [1.807, 2.05) is 24.0 Å². The fourth-order valence-corrected chi connectivity index (χ4v) is 4.59. The number of halogens is 2. The van der Waals surface area contributed by atoms with Gasteiger partial charge in [0.15, 0.2) is 0 Å². The molecular weight excluding hydrogens is 401 g/mol. The summed E-state index contributed by atoms with van der Waals surface area (Å²) in [6.07, 6.45) is 5.89. The minimum atomic E-state index is -0.916. The SMILES string of the molecule is Cc1ccc(C2(O)CCN(C(=O)[C@H]3CC[C@H]4OCCN[C@@H]4C3)CC2)nc1.Cl.Cl. The van der Waals surface area contributed by atoms with Crippen molar-refractivity contribution < 1.29 is 14.6 Å². The van der Waals surface area contributed by atoms with Crippen LogP contribution in [0.15, 0.2) is 18.3 Å². The highest BCUT2D eigenvalue weighted by Crippen LogP contribution is 2.34. The number of likely N-dealkylation sites (tertiary alicyclic amines) is 1. The van der Waals surface area contributed by atoms with Gasteiger partial charge in [-0.3, -0.25) is 9.78 Å². The minimum absolute atomic E-state index is 0. The summed E-state index contributed by atoms with van der Waals surface area (Å²) in [5.74, 6) is 0.323. The van der Waals surface area contributed by atoms with E-state index in [2.05, 4.69) is 10.3 Å². The van der Waals surface area contributed by atoms with Gasteiger partial charge in [-0.05, 0) is 50.7 Å². The van der Waals surface area contributed by atoms with Crippen molar-refractivity contribution in [1.29, 1.82) is 0 Å². The molecule has 2 saturated heterocycles. The lowest BCUT2D eigenvalue weighted by molar-refractivity contribution is -0.143. The fourth-order valence-electron chi connectivity index (χ4n) is 4.59. The quantitative estimate of drug-likeness (QED) is 0.750. The molecule has 0 unspecified atom stereocenters. The maximum Gasteiger partial charge on any atom is 0.225 e. The van der Waals surface area contributed by atoms with Crippen molar-refractivity contribution in [2.75, 3.05) is 26.2 Å². The standard InChI is InChI=1S/C20H29N3O3.2ClH/c1-14-2-5-18(22-13-14)20(25)6-9-23(10-7-20)19(24)15-3-4-17-16(12-15)21-8-11-26-17;;/h2,5,13,15-17,21,25H,3-4,6-12H2,1H3;2*1H/t15-,16+,17+;;/m0../s1. The number of aromatic nitrogens is 1. The van der Waals surface area contributed by atoms with Crippen molar-refractivity contribution in [1.82, 2.24) is 15.2 Å². The Labute approximate surface area is 179 Å². The second-order valence-corrected chi connectivity index (χ2v) is 8.06. The monoisotopic (exact) mass is 431 g/mol. The molecule has 1 amide bonds. The van der Waals surface area contributed by atoms with E-state index in [4.69, 9.17) is 4.74 Å². The molecule has 0 aromatic carbocycles. The number of nitrogens with zero attached hydrogens (tertiary/aromatic N) is 2. The molecule has 3 aliphatic rings. The highest BCUT2D eigenvalue weighted by Gasteiger charge is 2.41. The van der Waals surface area contributed by atoms with Crippen LogP contribution < -0.4 is 5.32 Å². The minimum Gasteiger partial charge on any atom is -0.383 e.